The molecular weight excluding hydrogens is 268 g/mol. The van der Waals surface area contributed by atoms with Crippen molar-refractivity contribution >= 4 is 15.7 Å². The van der Waals surface area contributed by atoms with Crippen molar-refractivity contribution in [2.24, 2.45) is 0 Å². The van der Waals surface area contributed by atoms with E-state index in [2.05, 4.69) is 14.7 Å². The summed E-state index contributed by atoms with van der Waals surface area (Å²) in [7, 11) is -3.70. The molecule has 0 spiro atoms. The molecule has 0 aliphatic rings. The highest BCUT2D eigenvalue weighted by molar-refractivity contribution is 7.92. The van der Waals surface area contributed by atoms with Gasteiger partial charge in [-0.15, -0.1) is 0 Å². The van der Waals surface area contributed by atoms with Gasteiger partial charge in [0.05, 0.1) is 24.7 Å². The molecule has 0 unspecified atom stereocenters. The van der Waals surface area contributed by atoms with E-state index in [1.807, 2.05) is 6.92 Å². The first-order chi connectivity index (χ1) is 9.06. The van der Waals surface area contributed by atoms with E-state index in [0.29, 0.717) is 12.2 Å². The number of nitrogens with one attached hydrogen (secondary N) is 1. The maximum absolute atomic E-state index is 12.1. The third-order valence-corrected chi connectivity index (χ3v) is 3.93. The van der Waals surface area contributed by atoms with Crippen LogP contribution in [0.15, 0.2) is 35.9 Å². The van der Waals surface area contributed by atoms with E-state index in [0.717, 1.165) is 0 Å². The van der Waals surface area contributed by atoms with E-state index >= 15 is 0 Å². The van der Waals surface area contributed by atoms with Crippen LogP contribution in [0.25, 0.3) is 0 Å². The summed E-state index contributed by atoms with van der Waals surface area (Å²) < 4.78 is 28.3. The van der Waals surface area contributed by atoms with Crippen molar-refractivity contribution in [3.05, 3.63) is 36.7 Å². The number of aromatic nitrogens is 3. The molecule has 0 amide bonds. The maximum atomic E-state index is 12.1. The molecule has 0 atom stereocenters. The Hall–Kier alpha value is -1.93. The van der Waals surface area contributed by atoms with E-state index < -0.39 is 10.0 Å². The monoisotopic (exact) mass is 282 g/mol. The van der Waals surface area contributed by atoms with Crippen LogP contribution < -0.4 is 4.72 Å². The third kappa shape index (κ3) is 2.91. The Morgan fingerprint density at radius 1 is 1.37 bits per heavy atom. The minimum Gasteiger partial charge on any atom is -0.390 e. The summed E-state index contributed by atoms with van der Waals surface area (Å²) in [5, 5.41) is 9.16. The van der Waals surface area contributed by atoms with E-state index in [1.54, 1.807) is 4.57 Å². The van der Waals surface area contributed by atoms with E-state index in [-0.39, 0.29) is 17.2 Å². The molecule has 2 N–H and O–H groups in total. The van der Waals surface area contributed by atoms with Gasteiger partial charge < -0.3 is 9.67 Å². The maximum Gasteiger partial charge on any atom is 0.263 e. The van der Waals surface area contributed by atoms with Crippen LogP contribution in [0, 0.1) is 0 Å². The lowest BCUT2D eigenvalue weighted by molar-refractivity contribution is 0.271. The summed E-state index contributed by atoms with van der Waals surface area (Å²) in [5.74, 6) is 0. The highest BCUT2D eigenvalue weighted by Crippen LogP contribution is 2.18. The van der Waals surface area contributed by atoms with Crippen LogP contribution in [0.1, 0.15) is 12.6 Å². The van der Waals surface area contributed by atoms with Crippen molar-refractivity contribution in [2.45, 2.75) is 25.0 Å². The Labute approximate surface area is 111 Å². The molecule has 0 bridgehead atoms. The van der Waals surface area contributed by atoms with E-state index in [4.69, 9.17) is 5.11 Å². The average molecular weight is 282 g/mol. The van der Waals surface area contributed by atoms with Crippen LogP contribution in [-0.2, 0) is 23.2 Å². The minimum atomic E-state index is -3.70. The zero-order valence-corrected chi connectivity index (χ0v) is 11.1. The van der Waals surface area contributed by atoms with Crippen molar-refractivity contribution in [1.82, 2.24) is 14.5 Å². The lowest BCUT2D eigenvalue weighted by Crippen LogP contribution is -2.12. The van der Waals surface area contributed by atoms with Gasteiger partial charge >= 0.3 is 0 Å². The van der Waals surface area contributed by atoms with Gasteiger partial charge in [0.15, 0.2) is 0 Å². The molecule has 0 aromatic carbocycles. The topological polar surface area (TPSA) is 97.1 Å². The molecule has 2 heterocycles. The summed E-state index contributed by atoms with van der Waals surface area (Å²) in [6.45, 7) is 2.24. The normalized spacial score (nSPS) is 11.5. The Bertz CT molecular complexity index is 630. The van der Waals surface area contributed by atoms with Crippen LogP contribution in [0.4, 0.5) is 5.69 Å². The average Bonchev–Trinajstić information content (AvgIpc) is 2.83. The second-order valence-corrected chi connectivity index (χ2v) is 5.53. The number of hydrogen-bond donors (Lipinski definition) is 2. The molecule has 0 radical (unpaired) electrons. The molecule has 0 saturated carbocycles. The standard InChI is InChI=1S/C11H14N4O3S/c1-2-15-6-11(3-10(15)7-16)19(17,18)14-9-4-12-8-13-5-9/h3-6,8,14,16H,2,7H2,1H3. The fourth-order valence-electron chi connectivity index (χ4n) is 1.66. The van der Waals surface area contributed by atoms with Gasteiger partial charge in [0, 0.05) is 18.4 Å². The van der Waals surface area contributed by atoms with Gasteiger partial charge in [0.2, 0.25) is 0 Å². The first kappa shape index (κ1) is 13.5. The van der Waals surface area contributed by atoms with Crippen molar-refractivity contribution < 1.29 is 13.5 Å². The van der Waals surface area contributed by atoms with Crippen LogP contribution >= 0.6 is 0 Å². The number of hydrogen-bond acceptors (Lipinski definition) is 5. The highest BCUT2D eigenvalue weighted by atomic mass is 32.2. The molecule has 2 aromatic heterocycles. The summed E-state index contributed by atoms with van der Waals surface area (Å²) in [6.07, 6.45) is 5.54. The zero-order valence-electron chi connectivity index (χ0n) is 10.3. The highest BCUT2D eigenvalue weighted by Gasteiger charge is 2.18. The van der Waals surface area contributed by atoms with E-state index in [9.17, 15) is 8.42 Å². The Kier molecular flexibility index (Phi) is 3.82. The first-order valence-electron chi connectivity index (χ1n) is 5.64. The zero-order chi connectivity index (χ0) is 13.9. The third-order valence-electron chi connectivity index (χ3n) is 2.59. The summed E-state index contributed by atoms with van der Waals surface area (Å²) in [6, 6.07) is 1.44. The number of aliphatic hydroxyl groups excluding tert-OH is 1. The number of anilines is 1. The molecule has 0 aliphatic heterocycles. The van der Waals surface area contributed by atoms with Gasteiger partial charge in [-0.05, 0) is 13.0 Å². The van der Waals surface area contributed by atoms with Gasteiger partial charge in [0.1, 0.15) is 11.2 Å². The number of sulfonamides is 1. The fourth-order valence-corrected chi connectivity index (χ4v) is 2.76. The number of nitrogens with zero attached hydrogens (tertiary/aromatic N) is 3. The van der Waals surface area contributed by atoms with Gasteiger partial charge in [-0.25, -0.2) is 18.4 Å². The molecular formula is C11H14N4O3S. The van der Waals surface area contributed by atoms with Crippen LogP contribution in [0.5, 0.6) is 0 Å². The molecule has 19 heavy (non-hydrogen) atoms. The predicted octanol–water partition coefficient (Wildman–Crippen LogP) is 0.591. The fraction of sp³-hybridized carbons (Fsp3) is 0.273. The van der Waals surface area contributed by atoms with E-state index in [1.165, 1.54) is 31.0 Å². The lowest BCUT2D eigenvalue weighted by Gasteiger charge is -2.04. The molecule has 2 aromatic rings. The first-order valence-corrected chi connectivity index (χ1v) is 7.13. The Morgan fingerprint density at radius 3 is 2.58 bits per heavy atom. The number of aliphatic hydroxyl groups is 1. The summed E-state index contributed by atoms with van der Waals surface area (Å²) >= 11 is 0. The van der Waals surface area contributed by atoms with Gasteiger partial charge in [-0.2, -0.15) is 0 Å². The minimum absolute atomic E-state index is 0.0993. The van der Waals surface area contributed by atoms with Crippen LogP contribution in [-0.4, -0.2) is 28.1 Å². The smallest absolute Gasteiger partial charge is 0.263 e. The number of aryl methyl sites for hydroxylation is 1. The van der Waals surface area contributed by atoms with Crippen molar-refractivity contribution in [1.29, 1.82) is 0 Å². The largest absolute Gasteiger partial charge is 0.390 e. The summed E-state index contributed by atoms with van der Waals surface area (Å²) in [4.78, 5) is 7.57. The van der Waals surface area contributed by atoms with Gasteiger partial charge in [0.25, 0.3) is 10.0 Å². The second kappa shape index (κ2) is 5.37. The molecule has 0 fully saturated rings. The van der Waals surface area contributed by atoms with Crippen molar-refractivity contribution in [3.63, 3.8) is 0 Å². The Morgan fingerprint density at radius 2 is 2.05 bits per heavy atom. The molecule has 7 nitrogen and oxygen atoms in total. The number of rotatable bonds is 5. The molecule has 0 aliphatic carbocycles. The summed E-state index contributed by atoms with van der Waals surface area (Å²) in [5.41, 5.74) is 0.837. The van der Waals surface area contributed by atoms with Crippen LogP contribution in [0.3, 0.4) is 0 Å². The molecule has 2 rings (SSSR count). The lowest BCUT2D eigenvalue weighted by atomic mass is 10.4. The second-order valence-electron chi connectivity index (χ2n) is 3.84. The quantitative estimate of drug-likeness (QED) is 0.836. The van der Waals surface area contributed by atoms with Crippen molar-refractivity contribution in [2.75, 3.05) is 4.72 Å². The Balaban J connectivity index is 2.32. The van der Waals surface area contributed by atoms with Gasteiger partial charge in [-0.3, -0.25) is 4.72 Å². The van der Waals surface area contributed by atoms with Crippen LogP contribution in [0.2, 0.25) is 0 Å². The SMILES string of the molecule is CCn1cc(S(=O)(=O)Nc2cncnc2)cc1CO. The predicted molar refractivity (Wildman–Crippen MR) is 68.9 cm³/mol. The van der Waals surface area contributed by atoms with Crippen molar-refractivity contribution in [3.8, 4) is 0 Å². The molecule has 102 valence electrons. The molecule has 8 heteroatoms. The van der Waals surface area contributed by atoms with Gasteiger partial charge in [-0.1, -0.05) is 0 Å². The molecule has 0 saturated heterocycles.